The molecule has 68 valence electrons. The molecule has 1 aromatic rings. The molecule has 1 heterocycles. The fraction of sp³-hybridized carbons (Fsp3) is 0.714. The largest absolute Gasteiger partial charge is 0.378 e. The molecular formula is C7H13N3OS. The van der Waals surface area contributed by atoms with Crippen LogP contribution in [0.2, 0.25) is 0 Å². The molecule has 0 aliphatic rings. The van der Waals surface area contributed by atoms with Crippen molar-refractivity contribution < 1.29 is 4.74 Å². The zero-order valence-corrected chi connectivity index (χ0v) is 8.10. The van der Waals surface area contributed by atoms with Gasteiger partial charge in [0.15, 0.2) is 0 Å². The maximum absolute atomic E-state index is 5.41. The molecule has 1 aromatic heterocycles. The van der Waals surface area contributed by atoms with Crippen molar-refractivity contribution in [2.24, 2.45) is 0 Å². The number of aromatic nitrogens is 2. The van der Waals surface area contributed by atoms with E-state index < -0.39 is 0 Å². The fourth-order valence-electron chi connectivity index (χ4n) is 0.750. The number of anilines is 1. The van der Waals surface area contributed by atoms with Crippen molar-refractivity contribution in [2.45, 2.75) is 26.4 Å². The normalized spacial score (nSPS) is 10.9. The van der Waals surface area contributed by atoms with Gasteiger partial charge in [-0.05, 0) is 13.8 Å². The van der Waals surface area contributed by atoms with Gasteiger partial charge >= 0.3 is 0 Å². The average molecular weight is 187 g/mol. The topological polar surface area (TPSA) is 61.0 Å². The van der Waals surface area contributed by atoms with Crippen LogP contribution in [0.4, 0.5) is 5.13 Å². The van der Waals surface area contributed by atoms with Crippen LogP contribution < -0.4 is 5.73 Å². The third-order valence-electron chi connectivity index (χ3n) is 1.25. The van der Waals surface area contributed by atoms with Gasteiger partial charge in [-0.1, -0.05) is 11.3 Å². The maximum Gasteiger partial charge on any atom is 0.203 e. The van der Waals surface area contributed by atoms with Gasteiger partial charge in [0.2, 0.25) is 5.13 Å². The number of rotatable bonds is 4. The second-order valence-electron chi connectivity index (χ2n) is 2.70. The zero-order valence-electron chi connectivity index (χ0n) is 7.28. The molecule has 2 N–H and O–H groups in total. The summed E-state index contributed by atoms with van der Waals surface area (Å²) in [7, 11) is 0. The third-order valence-corrected chi connectivity index (χ3v) is 2.06. The van der Waals surface area contributed by atoms with Gasteiger partial charge in [0.25, 0.3) is 0 Å². The Morgan fingerprint density at radius 3 is 2.75 bits per heavy atom. The number of nitrogens with zero attached hydrogens (tertiary/aromatic N) is 2. The Labute approximate surface area is 75.8 Å². The quantitative estimate of drug-likeness (QED) is 0.766. The predicted molar refractivity (Wildman–Crippen MR) is 49.1 cm³/mol. The van der Waals surface area contributed by atoms with Crippen molar-refractivity contribution >= 4 is 16.5 Å². The SMILES string of the molecule is CC(C)OCCc1nnc(N)s1. The van der Waals surface area contributed by atoms with Crippen LogP contribution in [0.15, 0.2) is 0 Å². The molecular weight excluding hydrogens is 174 g/mol. The molecule has 0 amide bonds. The van der Waals surface area contributed by atoms with Crippen molar-refractivity contribution in [3.63, 3.8) is 0 Å². The number of nitrogen functional groups attached to an aromatic ring is 1. The zero-order chi connectivity index (χ0) is 8.97. The van der Waals surface area contributed by atoms with E-state index in [1.807, 2.05) is 13.8 Å². The molecule has 0 aromatic carbocycles. The minimum absolute atomic E-state index is 0.273. The standard InChI is InChI=1S/C7H13N3OS/c1-5(2)11-4-3-6-9-10-7(8)12-6/h5H,3-4H2,1-2H3,(H2,8,10). The van der Waals surface area contributed by atoms with Crippen LogP contribution in [-0.4, -0.2) is 22.9 Å². The van der Waals surface area contributed by atoms with Crippen LogP contribution >= 0.6 is 11.3 Å². The predicted octanol–water partition coefficient (Wildman–Crippen LogP) is 1.09. The highest BCUT2D eigenvalue weighted by molar-refractivity contribution is 7.15. The summed E-state index contributed by atoms with van der Waals surface area (Å²) in [5.74, 6) is 0. The lowest BCUT2D eigenvalue weighted by Gasteiger charge is -2.04. The van der Waals surface area contributed by atoms with Crippen LogP contribution in [0.25, 0.3) is 0 Å². The van der Waals surface area contributed by atoms with Gasteiger partial charge in [0.05, 0.1) is 12.7 Å². The van der Waals surface area contributed by atoms with Crippen LogP contribution in [0, 0.1) is 0 Å². The fourth-order valence-corrected chi connectivity index (χ4v) is 1.34. The Balaban J connectivity index is 2.24. The lowest BCUT2D eigenvalue weighted by atomic mass is 10.4. The van der Waals surface area contributed by atoms with E-state index in [0.717, 1.165) is 11.4 Å². The Morgan fingerprint density at radius 2 is 2.25 bits per heavy atom. The van der Waals surface area contributed by atoms with Gasteiger partial charge in [-0.25, -0.2) is 0 Å². The summed E-state index contributed by atoms with van der Waals surface area (Å²) in [6, 6.07) is 0. The van der Waals surface area contributed by atoms with Crippen molar-refractivity contribution in [1.29, 1.82) is 0 Å². The molecule has 0 spiro atoms. The highest BCUT2D eigenvalue weighted by atomic mass is 32.1. The number of ether oxygens (including phenoxy) is 1. The minimum atomic E-state index is 0.273. The molecule has 4 nitrogen and oxygen atoms in total. The van der Waals surface area contributed by atoms with Crippen LogP contribution in [0.1, 0.15) is 18.9 Å². The van der Waals surface area contributed by atoms with Gasteiger partial charge in [-0.15, -0.1) is 10.2 Å². The maximum atomic E-state index is 5.41. The van der Waals surface area contributed by atoms with Gasteiger partial charge in [-0.2, -0.15) is 0 Å². The summed E-state index contributed by atoms with van der Waals surface area (Å²) in [5, 5.41) is 9.04. The van der Waals surface area contributed by atoms with Gasteiger partial charge in [-0.3, -0.25) is 0 Å². The Morgan fingerprint density at radius 1 is 1.50 bits per heavy atom. The Hall–Kier alpha value is -0.680. The average Bonchev–Trinajstić information content (AvgIpc) is 2.35. The summed E-state index contributed by atoms with van der Waals surface area (Å²) in [4.78, 5) is 0. The first-order chi connectivity index (χ1) is 5.68. The number of hydrogen-bond acceptors (Lipinski definition) is 5. The molecule has 0 unspecified atom stereocenters. The van der Waals surface area contributed by atoms with Crippen LogP contribution in [0.3, 0.4) is 0 Å². The highest BCUT2D eigenvalue weighted by Crippen LogP contribution is 2.11. The molecule has 0 radical (unpaired) electrons. The van der Waals surface area contributed by atoms with Crippen molar-refractivity contribution in [3.8, 4) is 0 Å². The molecule has 0 aliphatic heterocycles. The van der Waals surface area contributed by atoms with Crippen molar-refractivity contribution in [2.75, 3.05) is 12.3 Å². The molecule has 0 saturated carbocycles. The summed E-state index contributed by atoms with van der Waals surface area (Å²) in [6.45, 7) is 4.70. The lowest BCUT2D eigenvalue weighted by Crippen LogP contribution is -2.05. The van der Waals surface area contributed by atoms with Gasteiger partial charge in [0.1, 0.15) is 5.01 Å². The Kier molecular flexibility index (Phi) is 3.43. The van der Waals surface area contributed by atoms with Gasteiger partial charge in [0, 0.05) is 6.42 Å². The third kappa shape index (κ3) is 3.15. The molecule has 5 heteroatoms. The first kappa shape index (κ1) is 9.41. The first-order valence-corrected chi connectivity index (χ1v) is 4.69. The van der Waals surface area contributed by atoms with E-state index in [1.165, 1.54) is 11.3 Å². The highest BCUT2D eigenvalue weighted by Gasteiger charge is 2.01. The summed E-state index contributed by atoms with van der Waals surface area (Å²) in [6.07, 6.45) is 1.07. The van der Waals surface area contributed by atoms with Crippen LogP contribution in [-0.2, 0) is 11.2 Å². The summed E-state index contributed by atoms with van der Waals surface area (Å²) >= 11 is 1.41. The smallest absolute Gasteiger partial charge is 0.203 e. The first-order valence-electron chi connectivity index (χ1n) is 3.88. The molecule has 0 saturated heterocycles. The van der Waals surface area contributed by atoms with E-state index >= 15 is 0 Å². The van der Waals surface area contributed by atoms with E-state index in [9.17, 15) is 0 Å². The molecule has 0 atom stereocenters. The van der Waals surface area contributed by atoms with E-state index in [2.05, 4.69) is 10.2 Å². The summed E-state index contributed by atoms with van der Waals surface area (Å²) < 4.78 is 5.35. The van der Waals surface area contributed by atoms with E-state index in [0.29, 0.717) is 11.7 Å². The second-order valence-corrected chi connectivity index (χ2v) is 3.80. The number of nitrogens with two attached hydrogens (primary N) is 1. The molecule has 0 fully saturated rings. The van der Waals surface area contributed by atoms with E-state index in [4.69, 9.17) is 10.5 Å². The molecule has 0 aliphatic carbocycles. The van der Waals surface area contributed by atoms with Crippen molar-refractivity contribution in [3.05, 3.63) is 5.01 Å². The van der Waals surface area contributed by atoms with E-state index in [-0.39, 0.29) is 6.10 Å². The van der Waals surface area contributed by atoms with E-state index in [1.54, 1.807) is 0 Å². The van der Waals surface area contributed by atoms with Crippen molar-refractivity contribution in [1.82, 2.24) is 10.2 Å². The molecule has 1 rings (SSSR count). The second kappa shape index (κ2) is 4.37. The summed E-state index contributed by atoms with van der Waals surface area (Å²) in [5.41, 5.74) is 5.41. The Bertz CT molecular complexity index is 236. The minimum Gasteiger partial charge on any atom is -0.378 e. The lowest BCUT2D eigenvalue weighted by molar-refractivity contribution is 0.0812. The number of hydrogen-bond donors (Lipinski definition) is 1. The molecule has 0 bridgehead atoms. The van der Waals surface area contributed by atoms with Crippen LogP contribution in [0.5, 0.6) is 0 Å². The molecule has 12 heavy (non-hydrogen) atoms. The monoisotopic (exact) mass is 187 g/mol. The van der Waals surface area contributed by atoms with Gasteiger partial charge < -0.3 is 10.5 Å².